The number of nitrogens with zero attached hydrogens (tertiary/aromatic N) is 1. The van der Waals surface area contributed by atoms with E-state index in [1.165, 1.54) is 0 Å². The van der Waals surface area contributed by atoms with Crippen molar-refractivity contribution in [2.75, 3.05) is 6.54 Å². The molecule has 0 bridgehead atoms. The summed E-state index contributed by atoms with van der Waals surface area (Å²) in [5, 5.41) is 9.80. The molecule has 0 radical (unpaired) electrons. The summed E-state index contributed by atoms with van der Waals surface area (Å²) in [5.41, 5.74) is 1.87. The smallest absolute Gasteiger partial charge is 0.252 e. The van der Waals surface area contributed by atoms with Gasteiger partial charge in [0.1, 0.15) is 0 Å². The van der Waals surface area contributed by atoms with Gasteiger partial charge < -0.3 is 10.0 Å². The second-order valence-electron chi connectivity index (χ2n) is 3.68. The summed E-state index contributed by atoms with van der Waals surface area (Å²) in [6.45, 7) is 2.51. The number of aliphatic hydroxyl groups is 1. The third kappa shape index (κ3) is 1.18. The molecule has 0 aromatic rings. The summed E-state index contributed by atoms with van der Waals surface area (Å²) in [4.78, 5) is 13.2. The number of hydrogen-bond donors (Lipinski definition) is 1. The molecule has 1 aliphatic carbocycles. The fourth-order valence-corrected chi connectivity index (χ4v) is 2.25. The zero-order chi connectivity index (χ0) is 9.42. The number of amides is 1. The van der Waals surface area contributed by atoms with Crippen LogP contribution >= 0.6 is 0 Å². The lowest BCUT2D eigenvalue weighted by atomic mass is 9.93. The van der Waals surface area contributed by atoms with Crippen LogP contribution < -0.4 is 0 Å². The van der Waals surface area contributed by atoms with Gasteiger partial charge in [0.25, 0.3) is 5.91 Å². The largest absolute Gasteiger partial charge is 0.369 e. The third-order valence-corrected chi connectivity index (χ3v) is 2.98. The average Bonchev–Trinajstić information content (AvgIpc) is 2.41. The molecule has 1 N–H and O–H groups in total. The molecule has 0 fully saturated rings. The topological polar surface area (TPSA) is 40.5 Å². The summed E-state index contributed by atoms with van der Waals surface area (Å²) in [7, 11) is 0. The van der Waals surface area contributed by atoms with Crippen molar-refractivity contribution in [3.8, 4) is 0 Å². The van der Waals surface area contributed by atoms with E-state index in [1.807, 2.05) is 6.92 Å². The quantitative estimate of drug-likeness (QED) is 0.656. The highest BCUT2D eigenvalue weighted by Crippen LogP contribution is 2.34. The predicted molar refractivity (Wildman–Crippen MR) is 48.9 cm³/mol. The van der Waals surface area contributed by atoms with Crippen LogP contribution in [0.5, 0.6) is 0 Å². The minimum Gasteiger partial charge on any atom is -0.369 e. The fraction of sp³-hybridized carbons (Fsp3) is 0.700. The first-order valence-corrected chi connectivity index (χ1v) is 4.96. The van der Waals surface area contributed by atoms with Crippen LogP contribution in [0.2, 0.25) is 0 Å². The maximum Gasteiger partial charge on any atom is 0.252 e. The Kier molecular flexibility index (Phi) is 2.12. The molecule has 2 rings (SSSR count). The standard InChI is InChI=1S/C10H15NO2/c1-2-11-9(12)7-5-3-4-6-8(7)10(11)13/h9,12H,2-6H2,1H3. The van der Waals surface area contributed by atoms with E-state index in [0.29, 0.717) is 6.54 Å². The van der Waals surface area contributed by atoms with E-state index >= 15 is 0 Å². The van der Waals surface area contributed by atoms with Gasteiger partial charge >= 0.3 is 0 Å². The molecule has 0 aromatic heterocycles. The first-order valence-electron chi connectivity index (χ1n) is 4.96. The summed E-state index contributed by atoms with van der Waals surface area (Å²) >= 11 is 0. The van der Waals surface area contributed by atoms with E-state index in [9.17, 15) is 9.90 Å². The van der Waals surface area contributed by atoms with Crippen molar-refractivity contribution in [3.05, 3.63) is 11.1 Å². The van der Waals surface area contributed by atoms with Gasteiger partial charge in [-0.3, -0.25) is 4.79 Å². The Morgan fingerprint density at radius 2 is 2.15 bits per heavy atom. The molecule has 1 unspecified atom stereocenters. The van der Waals surface area contributed by atoms with E-state index < -0.39 is 6.23 Å². The average molecular weight is 181 g/mol. The maximum absolute atomic E-state index is 11.7. The molecule has 0 spiro atoms. The van der Waals surface area contributed by atoms with Crippen LogP contribution in [0.1, 0.15) is 32.6 Å². The zero-order valence-electron chi connectivity index (χ0n) is 7.92. The summed E-state index contributed by atoms with van der Waals surface area (Å²) in [6.07, 6.45) is 3.35. The lowest BCUT2D eigenvalue weighted by Crippen LogP contribution is -2.35. The molecule has 0 saturated carbocycles. The molecule has 3 nitrogen and oxygen atoms in total. The van der Waals surface area contributed by atoms with Crippen molar-refractivity contribution in [3.63, 3.8) is 0 Å². The lowest BCUT2D eigenvalue weighted by Gasteiger charge is -2.20. The van der Waals surface area contributed by atoms with Crippen molar-refractivity contribution >= 4 is 5.91 Å². The highest BCUT2D eigenvalue weighted by atomic mass is 16.3. The Morgan fingerprint density at radius 1 is 1.46 bits per heavy atom. The van der Waals surface area contributed by atoms with Crippen molar-refractivity contribution in [1.29, 1.82) is 0 Å². The number of rotatable bonds is 1. The fourth-order valence-electron chi connectivity index (χ4n) is 2.25. The number of likely N-dealkylation sites (N-methyl/N-ethyl adjacent to an activating group) is 1. The van der Waals surface area contributed by atoms with Gasteiger partial charge in [-0.1, -0.05) is 0 Å². The Labute approximate surface area is 78.0 Å². The number of carbonyl (C=O) groups excluding carboxylic acids is 1. The molecule has 72 valence electrons. The molecular weight excluding hydrogens is 166 g/mol. The van der Waals surface area contributed by atoms with Gasteiger partial charge in [0.05, 0.1) is 0 Å². The van der Waals surface area contributed by atoms with Crippen molar-refractivity contribution < 1.29 is 9.90 Å². The van der Waals surface area contributed by atoms with Crippen molar-refractivity contribution in [2.45, 2.75) is 38.8 Å². The lowest BCUT2D eigenvalue weighted by molar-refractivity contribution is -0.131. The van der Waals surface area contributed by atoms with E-state index in [-0.39, 0.29) is 5.91 Å². The molecule has 1 aliphatic heterocycles. The van der Waals surface area contributed by atoms with Gasteiger partial charge in [0.2, 0.25) is 0 Å². The molecular formula is C10H15NO2. The van der Waals surface area contributed by atoms with Gasteiger partial charge in [0.15, 0.2) is 6.23 Å². The van der Waals surface area contributed by atoms with Crippen LogP contribution in [-0.2, 0) is 4.79 Å². The highest BCUT2D eigenvalue weighted by Gasteiger charge is 2.37. The van der Waals surface area contributed by atoms with E-state index in [1.54, 1.807) is 4.90 Å². The molecule has 3 heteroatoms. The molecule has 0 aromatic carbocycles. The maximum atomic E-state index is 11.7. The molecule has 0 saturated heterocycles. The highest BCUT2D eigenvalue weighted by molar-refractivity contribution is 5.97. The van der Waals surface area contributed by atoms with Crippen LogP contribution in [0.15, 0.2) is 11.1 Å². The Hall–Kier alpha value is -0.830. The number of hydrogen-bond acceptors (Lipinski definition) is 2. The Morgan fingerprint density at radius 3 is 2.77 bits per heavy atom. The normalized spacial score (nSPS) is 28.3. The first kappa shape index (κ1) is 8.75. The van der Waals surface area contributed by atoms with Crippen molar-refractivity contribution in [1.82, 2.24) is 4.90 Å². The zero-order valence-corrected chi connectivity index (χ0v) is 7.92. The number of carbonyl (C=O) groups is 1. The van der Waals surface area contributed by atoms with Crippen molar-refractivity contribution in [2.24, 2.45) is 0 Å². The summed E-state index contributed by atoms with van der Waals surface area (Å²) in [6, 6.07) is 0. The van der Waals surface area contributed by atoms with Gasteiger partial charge in [-0.05, 0) is 38.2 Å². The first-order chi connectivity index (χ1) is 6.25. The summed E-state index contributed by atoms with van der Waals surface area (Å²) < 4.78 is 0. The molecule has 1 heterocycles. The van der Waals surface area contributed by atoms with Gasteiger partial charge in [0, 0.05) is 12.1 Å². The van der Waals surface area contributed by atoms with Crippen LogP contribution in [0.4, 0.5) is 0 Å². The minimum atomic E-state index is -0.618. The summed E-state index contributed by atoms with van der Waals surface area (Å²) in [5.74, 6) is 0.0599. The van der Waals surface area contributed by atoms with Gasteiger partial charge in [-0.25, -0.2) is 0 Å². The van der Waals surface area contributed by atoms with Gasteiger partial charge in [-0.2, -0.15) is 0 Å². The molecule has 13 heavy (non-hydrogen) atoms. The van der Waals surface area contributed by atoms with E-state index in [4.69, 9.17) is 0 Å². The Bertz CT molecular complexity index is 270. The molecule has 1 amide bonds. The molecule has 1 atom stereocenters. The van der Waals surface area contributed by atoms with Crippen LogP contribution in [0, 0.1) is 0 Å². The van der Waals surface area contributed by atoms with Crippen LogP contribution in [0.3, 0.4) is 0 Å². The SMILES string of the molecule is CCN1C(=O)C2=C(CCCC2)C1O. The Balaban J connectivity index is 2.30. The monoisotopic (exact) mass is 181 g/mol. The molecule has 2 aliphatic rings. The second kappa shape index (κ2) is 3.14. The van der Waals surface area contributed by atoms with Gasteiger partial charge in [-0.15, -0.1) is 0 Å². The van der Waals surface area contributed by atoms with E-state index in [2.05, 4.69) is 0 Å². The second-order valence-corrected chi connectivity index (χ2v) is 3.68. The van der Waals surface area contributed by atoms with Crippen LogP contribution in [-0.4, -0.2) is 28.7 Å². The third-order valence-electron chi connectivity index (χ3n) is 2.98. The minimum absolute atomic E-state index is 0.0599. The van der Waals surface area contributed by atoms with E-state index in [0.717, 1.165) is 36.8 Å². The van der Waals surface area contributed by atoms with Crippen LogP contribution in [0.25, 0.3) is 0 Å². The number of aliphatic hydroxyl groups excluding tert-OH is 1. The predicted octanol–water partition coefficient (Wildman–Crippen LogP) is 1.04.